The van der Waals surface area contributed by atoms with Crippen LogP contribution in [-0.4, -0.2) is 46.7 Å². The van der Waals surface area contributed by atoms with E-state index in [1.54, 1.807) is 0 Å². The minimum atomic E-state index is -1.34. The Hall–Kier alpha value is -1.27. The Labute approximate surface area is 99.5 Å². The number of rotatable bonds is 6. The van der Waals surface area contributed by atoms with Gasteiger partial charge in [0.25, 0.3) is 0 Å². The maximum absolute atomic E-state index is 11.3. The van der Waals surface area contributed by atoms with Crippen molar-refractivity contribution in [2.75, 3.05) is 13.2 Å². The summed E-state index contributed by atoms with van der Waals surface area (Å²) in [6.07, 6.45) is -1.84. The van der Waals surface area contributed by atoms with Crippen LogP contribution < -0.4 is 0 Å². The van der Waals surface area contributed by atoms with Gasteiger partial charge in [0.1, 0.15) is 6.10 Å². The maximum Gasteiger partial charge on any atom is 0.378 e. The van der Waals surface area contributed by atoms with Crippen molar-refractivity contribution in [1.29, 1.82) is 0 Å². The quantitative estimate of drug-likeness (QED) is 0.575. The highest BCUT2D eigenvalue weighted by Gasteiger charge is 2.40. The first kappa shape index (κ1) is 13.8. The highest BCUT2D eigenvalue weighted by atomic mass is 16.6. The average Bonchev–Trinajstić information content (AvgIpc) is 2.55. The zero-order chi connectivity index (χ0) is 13.0. The number of hydrogen-bond acceptors (Lipinski definition) is 6. The molecule has 3 N–H and O–H groups in total. The summed E-state index contributed by atoms with van der Waals surface area (Å²) in [5, 5.41) is 27.6. The van der Waals surface area contributed by atoms with E-state index in [0.29, 0.717) is 5.92 Å². The number of carbonyl (C=O) groups is 1. The van der Waals surface area contributed by atoms with E-state index in [9.17, 15) is 15.0 Å². The van der Waals surface area contributed by atoms with Crippen molar-refractivity contribution in [2.24, 2.45) is 5.92 Å². The molecule has 0 aromatic rings. The number of esters is 1. The summed E-state index contributed by atoms with van der Waals surface area (Å²) in [5.41, 5.74) is 0. The van der Waals surface area contributed by atoms with Crippen LogP contribution in [-0.2, 0) is 14.3 Å². The fourth-order valence-corrected chi connectivity index (χ4v) is 1.34. The van der Waals surface area contributed by atoms with Crippen molar-refractivity contribution in [1.82, 2.24) is 0 Å². The Kier molecular flexibility index (Phi) is 4.77. The second kappa shape index (κ2) is 5.88. The Morgan fingerprint density at radius 3 is 2.65 bits per heavy atom. The van der Waals surface area contributed by atoms with Crippen molar-refractivity contribution < 1.29 is 29.6 Å². The summed E-state index contributed by atoms with van der Waals surface area (Å²) in [4.78, 5) is 11.3. The third kappa shape index (κ3) is 3.34. The number of aliphatic hydroxyl groups is 3. The van der Waals surface area contributed by atoms with E-state index in [0.717, 1.165) is 6.42 Å². The molecule has 0 saturated carbocycles. The van der Waals surface area contributed by atoms with Gasteiger partial charge in [-0.2, -0.15) is 0 Å². The average molecular weight is 246 g/mol. The lowest BCUT2D eigenvalue weighted by Gasteiger charge is -2.13. The van der Waals surface area contributed by atoms with Gasteiger partial charge in [0, 0.05) is 0 Å². The molecular weight excluding hydrogens is 228 g/mol. The number of carbonyl (C=O) groups excluding carboxylic acids is 1. The molecule has 0 saturated heterocycles. The fourth-order valence-electron chi connectivity index (χ4n) is 1.34. The lowest BCUT2D eigenvalue weighted by molar-refractivity contribution is -0.148. The van der Waals surface area contributed by atoms with Crippen LogP contribution in [0.25, 0.3) is 0 Å². The molecule has 6 heteroatoms. The van der Waals surface area contributed by atoms with Crippen LogP contribution in [0.15, 0.2) is 11.5 Å². The van der Waals surface area contributed by atoms with Gasteiger partial charge in [0.05, 0.1) is 13.2 Å². The third-order valence-corrected chi connectivity index (χ3v) is 2.40. The van der Waals surface area contributed by atoms with E-state index >= 15 is 0 Å². The smallest absolute Gasteiger partial charge is 0.378 e. The second-order valence-corrected chi connectivity index (χ2v) is 4.32. The molecule has 1 rings (SSSR count). The zero-order valence-electron chi connectivity index (χ0n) is 9.92. The van der Waals surface area contributed by atoms with Gasteiger partial charge in [0.2, 0.25) is 5.76 Å². The van der Waals surface area contributed by atoms with Gasteiger partial charge >= 0.3 is 5.97 Å². The largest absolute Gasteiger partial charge is 0.505 e. The van der Waals surface area contributed by atoms with Crippen molar-refractivity contribution in [2.45, 2.75) is 32.5 Å². The van der Waals surface area contributed by atoms with Gasteiger partial charge in [-0.25, -0.2) is 4.79 Å². The number of hydrogen-bond donors (Lipinski definition) is 3. The Balaban J connectivity index is 2.62. The van der Waals surface area contributed by atoms with Gasteiger partial charge in [-0.05, 0) is 12.3 Å². The summed E-state index contributed by atoms with van der Waals surface area (Å²) >= 11 is 0. The number of aliphatic hydroxyl groups excluding tert-OH is 3. The van der Waals surface area contributed by atoms with E-state index in [2.05, 4.69) is 0 Å². The van der Waals surface area contributed by atoms with Crippen molar-refractivity contribution in [3.05, 3.63) is 11.5 Å². The van der Waals surface area contributed by atoms with E-state index in [-0.39, 0.29) is 12.4 Å². The van der Waals surface area contributed by atoms with Gasteiger partial charge in [-0.3, -0.25) is 0 Å². The first-order chi connectivity index (χ1) is 7.97. The minimum absolute atomic E-state index is 0.275. The summed E-state index contributed by atoms with van der Waals surface area (Å²) in [6, 6.07) is 0. The predicted molar refractivity (Wildman–Crippen MR) is 58.0 cm³/mol. The van der Waals surface area contributed by atoms with Crippen molar-refractivity contribution >= 4 is 5.97 Å². The molecule has 0 spiro atoms. The molecule has 0 amide bonds. The Morgan fingerprint density at radius 1 is 1.47 bits per heavy atom. The molecule has 1 aliphatic rings. The number of ether oxygens (including phenoxy) is 2. The molecule has 1 aliphatic heterocycles. The molecule has 0 radical (unpaired) electrons. The summed E-state index contributed by atoms with van der Waals surface area (Å²) in [7, 11) is 0. The Bertz CT molecular complexity index is 309. The lowest BCUT2D eigenvalue weighted by Crippen LogP contribution is -2.31. The molecule has 0 aromatic carbocycles. The maximum atomic E-state index is 11.3. The van der Waals surface area contributed by atoms with Gasteiger partial charge in [-0.1, -0.05) is 13.8 Å². The summed E-state index contributed by atoms with van der Waals surface area (Å²) < 4.78 is 9.82. The first-order valence-corrected chi connectivity index (χ1v) is 5.53. The molecule has 0 unspecified atom stereocenters. The van der Waals surface area contributed by atoms with Crippen LogP contribution >= 0.6 is 0 Å². The topological polar surface area (TPSA) is 96.2 Å². The van der Waals surface area contributed by atoms with Gasteiger partial charge < -0.3 is 24.8 Å². The summed E-state index contributed by atoms with van der Waals surface area (Å²) in [6.45, 7) is 3.68. The molecule has 0 aromatic heterocycles. The monoisotopic (exact) mass is 246 g/mol. The SMILES string of the molecule is CC(C)CCOC1=C(O)[C@@H]([C@@H](O)CO)OC1=O. The highest BCUT2D eigenvalue weighted by molar-refractivity contribution is 5.89. The molecular formula is C11H18O6. The minimum Gasteiger partial charge on any atom is -0.505 e. The molecule has 0 aliphatic carbocycles. The molecule has 0 bridgehead atoms. The van der Waals surface area contributed by atoms with E-state index in [1.807, 2.05) is 13.8 Å². The first-order valence-electron chi connectivity index (χ1n) is 5.53. The van der Waals surface area contributed by atoms with E-state index in [4.69, 9.17) is 14.6 Å². The predicted octanol–water partition coefficient (Wildman–Crippen LogP) is 0.0973. The van der Waals surface area contributed by atoms with Crippen molar-refractivity contribution in [3.63, 3.8) is 0 Å². The second-order valence-electron chi connectivity index (χ2n) is 4.32. The Morgan fingerprint density at radius 2 is 2.12 bits per heavy atom. The molecule has 6 nitrogen and oxygen atoms in total. The van der Waals surface area contributed by atoms with E-state index in [1.165, 1.54) is 0 Å². The summed E-state index contributed by atoms with van der Waals surface area (Å²) in [5.74, 6) is -1.14. The van der Waals surface area contributed by atoms with Crippen LogP contribution in [0.4, 0.5) is 0 Å². The molecule has 98 valence electrons. The standard InChI is InChI=1S/C11H18O6/c1-6(2)3-4-16-10-8(14)9(7(13)5-12)17-11(10)15/h6-7,9,12-14H,3-5H2,1-2H3/t7-,9+/m0/s1. The molecule has 1 heterocycles. The third-order valence-electron chi connectivity index (χ3n) is 2.40. The van der Waals surface area contributed by atoms with Crippen LogP contribution in [0.2, 0.25) is 0 Å². The van der Waals surface area contributed by atoms with Crippen LogP contribution in [0.1, 0.15) is 20.3 Å². The van der Waals surface area contributed by atoms with Gasteiger partial charge in [-0.15, -0.1) is 0 Å². The van der Waals surface area contributed by atoms with Crippen LogP contribution in [0.3, 0.4) is 0 Å². The fraction of sp³-hybridized carbons (Fsp3) is 0.727. The normalized spacial score (nSPS) is 21.9. The van der Waals surface area contributed by atoms with E-state index < -0.39 is 30.5 Å². The lowest BCUT2D eigenvalue weighted by atomic mass is 10.1. The van der Waals surface area contributed by atoms with Crippen molar-refractivity contribution in [3.8, 4) is 0 Å². The molecule has 0 fully saturated rings. The molecule has 17 heavy (non-hydrogen) atoms. The van der Waals surface area contributed by atoms with Gasteiger partial charge in [0.15, 0.2) is 11.9 Å². The zero-order valence-corrected chi connectivity index (χ0v) is 9.92. The molecule has 2 atom stereocenters. The van der Waals surface area contributed by atoms with Crippen LogP contribution in [0.5, 0.6) is 0 Å². The highest BCUT2D eigenvalue weighted by Crippen LogP contribution is 2.24. The number of cyclic esters (lactones) is 1. The van der Waals surface area contributed by atoms with Crippen LogP contribution in [0, 0.1) is 5.92 Å².